The summed E-state index contributed by atoms with van der Waals surface area (Å²) >= 11 is 0. The summed E-state index contributed by atoms with van der Waals surface area (Å²) in [5, 5.41) is 2.79. The SMILES string of the molecule is CCN1CCN(C(=O)CC2Oc3ccccc3NC2=O)CC1. The van der Waals surface area contributed by atoms with E-state index in [1.807, 2.05) is 17.0 Å². The van der Waals surface area contributed by atoms with E-state index in [1.165, 1.54) is 0 Å². The molecule has 22 heavy (non-hydrogen) atoms. The lowest BCUT2D eigenvalue weighted by Gasteiger charge is -2.35. The van der Waals surface area contributed by atoms with Gasteiger partial charge in [0, 0.05) is 26.2 Å². The molecule has 0 aliphatic carbocycles. The number of nitrogens with zero attached hydrogens (tertiary/aromatic N) is 2. The monoisotopic (exact) mass is 303 g/mol. The van der Waals surface area contributed by atoms with E-state index in [0.29, 0.717) is 11.4 Å². The van der Waals surface area contributed by atoms with Gasteiger partial charge in [-0.2, -0.15) is 0 Å². The number of likely N-dealkylation sites (N-methyl/N-ethyl adjacent to an activating group) is 1. The largest absolute Gasteiger partial charge is 0.478 e. The van der Waals surface area contributed by atoms with Gasteiger partial charge < -0.3 is 19.9 Å². The average Bonchev–Trinajstić information content (AvgIpc) is 2.55. The van der Waals surface area contributed by atoms with Crippen LogP contribution < -0.4 is 10.1 Å². The van der Waals surface area contributed by atoms with Crippen molar-refractivity contribution in [3.63, 3.8) is 0 Å². The lowest BCUT2D eigenvalue weighted by atomic mass is 10.1. The zero-order valence-electron chi connectivity index (χ0n) is 12.7. The van der Waals surface area contributed by atoms with Crippen LogP contribution in [0.1, 0.15) is 13.3 Å². The second kappa shape index (κ2) is 6.36. The van der Waals surface area contributed by atoms with Gasteiger partial charge in [0.05, 0.1) is 12.1 Å². The predicted molar refractivity (Wildman–Crippen MR) is 82.8 cm³/mol. The number of carbonyl (C=O) groups excluding carboxylic acids is 2. The van der Waals surface area contributed by atoms with E-state index in [-0.39, 0.29) is 18.2 Å². The maximum atomic E-state index is 12.4. The average molecular weight is 303 g/mol. The molecule has 118 valence electrons. The van der Waals surface area contributed by atoms with Gasteiger partial charge in [-0.15, -0.1) is 0 Å². The summed E-state index contributed by atoms with van der Waals surface area (Å²) in [6, 6.07) is 7.27. The van der Waals surface area contributed by atoms with Crippen LogP contribution in [0.15, 0.2) is 24.3 Å². The van der Waals surface area contributed by atoms with Gasteiger partial charge in [-0.3, -0.25) is 9.59 Å². The minimum atomic E-state index is -0.744. The van der Waals surface area contributed by atoms with Crippen LogP contribution in [0.4, 0.5) is 5.69 Å². The van der Waals surface area contributed by atoms with Crippen molar-refractivity contribution in [1.29, 1.82) is 0 Å². The normalized spacial score (nSPS) is 21.8. The van der Waals surface area contributed by atoms with Gasteiger partial charge >= 0.3 is 0 Å². The zero-order valence-corrected chi connectivity index (χ0v) is 12.7. The van der Waals surface area contributed by atoms with Crippen LogP contribution in [0.25, 0.3) is 0 Å². The molecule has 0 radical (unpaired) electrons. The molecule has 1 N–H and O–H groups in total. The first kappa shape index (κ1) is 14.8. The molecule has 1 saturated heterocycles. The van der Waals surface area contributed by atoms with Crippen molar-refractivity contribution in [1.82, 2.24) is 9.80 Å². The second-order valence-corrected chi connectivity index (χ2v) is 5.61. The summed E-state index contributed by atoms with van der Waals surface area (Å²) in [6.07, 6.45) is -0.654. The van der Waals surface area contributed by atoms with Gasteiger partial charge in [0.1, 0.15) is 5.75 Å². The molecule has 0 spiro atoms. The van der Waals surface area contributed by atoms with Crippen LogP contribution in [-0.2, 0) is 9.59 Å². The molecule has 1 unspecified atom stereocenters. The Hall–Kier alpha value is -2.08. The highest BCUT2D eigenvalue weighted by Crippen LogP contribution is 2.29. The molecule has 2 heterocycles. The van der Waals surface area contributed by atoms with Crippen molar-refractivity contribution in [3.05, 3.63) is 24.3 Å². The first-order valence-corrected chi connectivity index (χ1v) is 7.74. The molecular weight excluding hydrogens is 282 g/mol. The van der Waals surface area contributed by atoms with Gasteiger partial charge in [0.2, 0.25) is 5.91 Å². The molecule has 1 aromatic rings. The first-order chi connectivity index (χ1) is 10.7. The van der Waals surface area contributed by atoms with Crippen LogP contribution in [-0.4, -0.2) is 60.4 Å². The first-order valence-electron chi connectivity index (χ1n) is 7.74. The summed E-state index contributed by atoms with van der Waals surface area (Å²) < 4.78 is 5.68. The number of para-hydroxylation sites is 2. The Kier molecular flexibility index (Phi) is 4.29. The number of piperazine rings is 1. The summed E-state index contributed by atoms with van der Waals surface area (Å²) in [5.74, 6) is 0.352. The number of carbonyl (C=O) groups is 2. The Labute approximate surface area is 130 Å². The van der Waals surface area contributed by atoms with Crippen molar-refractivity contribution in [2.45, 2.75) is 19.4 Å². The number of hydrogen-bond donors (Lipinski definition) is 1. The molecule has 0 saturated carbocycles. The van der Waals surface area contributed by atoms with Gasteiger partial charge in [-0.1, -0.05) is 19.1 Å². The third kappa shape index (κ3) is 3.06. The third-order valence-electron chi connectivity index (χ3n) is 4.24. The topological polar surface area (TPSA) is 61.9 Å². The standard InChI is InChI=1S/C16H21N3O3/c1-2-18-7-9-19(10-8-18)15(20)11-14-16(21)17-12-5-3-4-6-13(12)22-14/h3-6,14H,2,7-11H2,1H3,(H,17,21). The molecule has 1 fully saturated rings. The number of amides is 2. The van der Waals surface area contributed by atoms with Crippen LogP contribution >= 0.6 is 0 Å². The van der Waals surface area contributed by atoms with E-state index < -0.39 is 6.10 Å². The molecule has 2 aliphatic rings. The van der Waals surface area contributed by atoms with E-state index >= 15 is 0 Å². The molecule has 0 aromatic heterocycles. The lowest BCUT2D eigenvalue weighted by Crippen LogP contribution is -2.50. The molecule has 3 rings (SSSR count). The fourth-order valence-electron chi connectivity index (χ4n) is 2.83. The fraction of sp³-hybridized carbons (Fsp3) is 0.500. The molecule has 0 bridgehead atoms. The van der Waals surface area contributed by atoms with Crippen molar-refractivity contribution in [2.75, 3.05) is 38.0 Å². The zero-order chi connectivity index (χ0) is 15.5. The van der Waals surface area contributed by atoms with Gasteiger partial charge in [0.25, 0.3) is 5.91 Å². The van der Waals surface area contributed by atoms with Gasteiger partial charge in [-0.05, 0) is 18.7 Å². The lowest BCUT2D eigenvalue weighted by molar-refractivity contribution is -0.138. The number of nitrogens with one attached hydrogen (secondary N) is 1. The summed E-state index contributed by atoms with van der Waals surface area (Å²) in [6.45, 7) is 6.35. The molecule has 6 heteroatoms. The highest BCUT2D eigenvalue weighted by atomic mass is 16.5. The minimum Gasteiger partial charge on any atom is -0.478 e. The fourth-order valence-corrected chi connectivity index (χ4v) is 2.83. The van der Waals surface area contributed by atoms with E-state index in [2.05, 4.69) is 17.1 Å². The number of hydrogen-bond acceptors (Lipinski definition) is 4. The van der Waals surface area contributed by atoms with E-state index in [1.54, 1.807) is 12.1 Å². The minimum absolute atomic E-state index is 0.0183. The summed E-state index contributed by atoms with van der Waals surface area (Å²) in [4.78, 5) is 28.6. The van der Waals surface area contributed by atoms with Crippen LogP contribution in [0, 0.1) is 0 Å². The maximum absolute atomic E-state index is 12.4. The number of fused-ring (bicyclic) bond motifs is 1. The second-order valence-electron chi connectivity index (χ2n) is 5.61. The van der Waals surface area contributed by atoms with E-state index in [4.69, 9.17) is 4.74 Å². The Morgan fingerprint density at radius 1 is 1.27 bits per heavy atom. The highest BCUT2D eigenvalue weighted by Gasteiger charge is 2.31. The Morgan fingerprint density at radius 2 is 2.00 bits per heavy atom. The van der Waals surface area contributed by atoms with Crippen LogP contribution in [0.2, 0.25) is 0 Å². The van der Waals surface area contributed by atoms with Crippen molar-refractivity contribution >= 4 is 17.5 Å². The van der Waals surface area contributed by atoms with Crippen LogP contribution in [0.3, 0.4) is 0 Å². The quantitative estimate of drug-likeness (QED) is 0.903. The predicted octanol–water partition coefficient (Wildman–Crippen LogP) is 0.940. The highest BCUT2D eigenvalue weighted by molar-refractivity contribution is 5.99. The van der Waals surface area contributed by atoms with Gasteiger partial charge in [0.15, 0.2) is 6.10 Å². The Balaban J connectivity index is 1.59. The Morgan fingerprint density at radius 3 is 2.73 bits per heavy atom. The molecule has 1 atom stereocenters. The van der Waals surface area contributed by atoms with Crippen LogP contribution in [0.5, 0.6) is 5.75 Å². The van der Waals surface area contributed by atoms with Crippen molar-refractivity contribution in [3.8, 4) is 5.75 Å². The van der Waals surface area contributed by atoms with E-state index in [0.717, 1.165) is 32.7 Å². The van der Waals surface area contributed by atoms with E-state index in [9.17, 15) is 9.59 Å². The molecular formula is C16H21N3O3. The molecule has 2 amide bonds. The summed E-state index contributed by atoms with van der Waals surface area (Å²) in [5.41, 5.74) is 0.660. The molecule has 6 nitrogen and oxygen atoms in total. The number of anilines is 1. The number of benzene rings is 1. The Bertz CT molecular complexity index is 568. The number of rotatable bonds is 3. The smallest absolute Gasteiger partial charge is 0.266 e. The van der Waals surface area contributed by atoms with Crippen molar-refractivity contribution < 1.29 is 14.3 Å². The van der Waals surface area contributed by atoms with Gasteiger partial charge in [-0.25, -0.2) is 0 Å². The third-order valence-corrected chi connectivity index (χ3v) is 4.24. The molecule has 2 aliphatic heterocycles. The van der Waals surface area contributed by atoms with Crippen molar-refractivity contribution in [2.24, 2.45) is 0 Å². The molecule has 1 aromatic carbocycles. The maximum Gasteiger partial charge on any atom is 0.266 e. The number of ether oxygens (including phenoxy) is 1. The summed E-state index contributed by atoms with van der Waals surface area (Å²) in [7, 11) is 0.